The van der Waals surface area contributed by atoms with Crippen LogP contribution in [0.15, 0.2) is 36.4 Å². The Balaban J connectivity index is 1.72. The van der Waals surface area contributed by atoms with Crippen LogP contribution in [-0.4, -0.2) is 84.2 Å². The highest BCUT2D eigenvalue weighted by molar-refractivity contribution is 6.00. The molecule has 2 aromatic carbocycles. The third-order valence-corrected chi connectivity index (χ3v) is 6.55. The molecule has 1 fully saturated rings. The zero-order chi connectivity index (χ0) is 24.8. The van der Waals surface area contributed by atoms with E-state index in [1.165, 1.54) is 0 Å². The van der Waals surface area contributed by atoms with E-state index in [1.807, 2.05) is 49.6 Å². The van der Waals surface area contributed by atoms with Crippen LogP contribution < -0.4 is 9.80 Å². The van der Waals surface area contributed by atoms with Gasteiger partial charge in [0.25, 0.3) is 11.8 Å². The molecule has 184 valence electrons. The van der Waals surface area contributed by atoms with Crippen LogP contribution in [0.3, 0.4) is 0 Å². The van der Waals surface area contributed by atoms with Crippen molar-refractivity contribution in [2.24, 2.45) is 0 Å². The molecule has 0 spiro atoms. The fourth-order valence-corrected chi connectivity index (χ4v) is 4.50. The number of piperazine rings is 1. The molecule has 0 radical (unpaired) electrons. The Morgan fingerprint density at radius 3 is 1.29 bits per heavy atom. The van der Waals surface area contributed by atoms with Crippen LogP contribution in [0.5, 0.6) is 11.5 Å². The maximum Gasteiger partial charge on any atom is 0.257 e. The number of nitrogens with zero attached hydrogens (tertiary/aromatic N) is 4. The fourth-order valence-electron chi connectivity index (χ4n) is 4.50. The molecular weight excluding hydrogens is 432 g/mol. The number of phenols is 2. The molecule has 2 N–H and O–H groups in total. The van der Waals surface area contributed by atoms with E-state index in [-0.39, 0.29) is 34.4 Å². The van der Waals surface area contributed by atoms with Crippen molar-refractivity contribution in [1.29, 1.82) is 0 Å². The molecule has 1 aliphatic heterocycles. The first-order valence-electron chi connectivity index (χ1n) is 12.1. The summed E-state index contributed by atoms with van der Waals surface area (Å²) in [4.78, 5) is 33.6. The minimum absolute atomic E-state index is 0.00662. The van der Waals surface area contributed by atoms with Crippen molar-refractivity contribution in [2.75, 3.05) is 62.2 Å². The number of anilines is 2. The summed E-state index contributed by atoms with van der Waals surface area (Å²) in [5, 5.41) is 21.5. The van der Waals surface area contributed by atoms with Crippen LogP contribution >= 0.6 is 0 Å². The summed E-state index contributed by atoms with van der Waals surface area (Å²) < 4.78 is 0. The van der Waals surface area contributed by atoms with Gasteiger partial charge in [0.2, 0.25) is 0 Å². The number of rotatable bonds is 8. The van der Waals surface area contributed by atoms with Gasteiger partial charge in [0.15, 0.2) is 11.5 Å². The van der Waals surface area contributed by atoms with E-state index in [0.717, 1.165) is 26.2 Å². The molecule has 3 rings (SSSR count). The van der Waals surface area contributed by atoms with Crippen LogP contribution in [-0.2, 0) is 0 Å². The lowest BCUT2D eigenvalue weighted by Crippen LogP contribution is -2.50. The second kappa shape index (κ2) is 11.1. The molecule has 1 heterocycles. The maximum absolute atomic E-state index is 13.2. The summed E-state index contributed by atoms with van der Waals surface area (Å²) in [5.74, 6) is -0.504. The van der Waals surface area contributed by atoms with Crippen LogP contribution in [0, 0.1) is 0 Å². The predicted octanol–water partition coefficient (Wildman–Crippen LogP) is 3.39. The topological polar surface area (TPSA) is 87.6 Å². The number of para-hydroxylation sites is 2. The molecule has 1 saturated heterocycles. The second-order valence-electron chi connectivity index (χ2n) is 8.28. The van der Waals surface area contributed by atoms with Crippen molar-refractivity contribution < 1.29 is 19.8 Å². The van der Waals surface area contributed by atoms with E-state index >= 15 is 0 Å². The van der Waals surface area contributed by atoms with Gasteiger partial charge < -0.3 is 29.8 Å². The van der Waals surface area contributed by atoms with Crippen molar-refractivity contribution >= 4 is 23.2 Å². The van der Waals surface area contributed by atoms with Crippen molar-refractivity contribution in [3.8, 4) is 11.5 Å². The number of phenolic OH excluding ortho intramolecular Hbond substituents is 2. The normalized spacial score (nSPS) is 13.6. The average Bonchev–Trinajstić information content (AvgIpc) is 2.86. The Hall–Kier alpha value is -3.42. The van der Waals surface area contributed by atoms with E-state index < -0.39 is 0 Å². The van der Waals surface area contributed by atoms with Crippen molar-refractivity contribution in [3.05, 3.63) is 47.5 Å². The molecule has 1 aliphatic rings. The van der Waals surface area contributed by atoms with Gasteiger partial charge in [0.1, 0.15) is 0 Å². The summed E-state index contributed by atoms with van der Waals surface area (Å²) >= 11 is 0. The molecule has 0 saturated carbocycles. The van der Waals surface area contributed by atoms with Crippen LogP contribution in [0.1, 0.15) is 48.4 Å². The summed E-state index contributed by atoms with van der Waals surface area (Å²) in [5.41, 5.74) is 1.84. The van der Waals surface area contributed by atoms with E-state index in [2.05, 4.69) is 0 Å². The van der Waals surface area contributed by atoms with Gasteiger partial charge in [-0.15, -0.1) is 0 Å². The molecule has 0 unspecified atom stereocenters. The first-order chi connectivity index (χ1) is 16.4. The van der Waals surface area contributed by atoms with Gasteiger partial charge >= 0.3 is 0 Å². The lowest BCUT2D eigenvalue weighted by molar-refractivity contribution is 0.0532. The number of hydrogen-bond acceptors (Lipinski definition) is 6. The van der Waals surface area contributed by atoms with E-state index in [1.54, 1.807) is 34.1 Å². The third kappa shape index (κ3) is 4.90. The smallest absolute Gasteiger partial charge is 0.257 e. The van der Waals surface area contributed by atoms with Crippen LogP contribution in [0.4, 0.5) is 11.4 Å². The lowest BCUT2D eigenvalue weighted by atomic mass is 10.1. The Bertz CT molecular complexity index is 928. The Morgan fingerprint density at radius 1 is 0.676 bits per heavy atom. The Labute approximate surface area is 202 Å². The highest BCUT2D eigenvalue weighted by Crippen LogP contribution is 2.33. The number of amides is 2. The van der Waals surface area contributed by atoms with Gasteiger partial charge in [0.05, 0.1) is 22.5 Å². The van der Waals surface area contributed by atoms with Gasteiger partial charge in [-0.2, -0.15) is 0 Å². The first kappa shape index (κ1) is 25.2. The van der Waals surface area contributed by atoms with E-state index in [4.69, 9.17) is 0 Å². The number of carbonyl (C=O) groups excluding carboxylic acids is 2. The second-order valence-corrected chi connectivity index (χ2v) is 8.28. The minimum atomic E-state index is -0.245. The molecule has 0 bridgehead atoms. The van der Waals surface area contributed by atoms with Gasteiger partial charge in [-0.1, -0.05) is 12.1 Å². The molecule has 0 atom stereocenters. The van der Waals surface area contributed by atoms with Gasteiger partial charge in [0, 0.05) is 52.4 Å². The highest BCUT2D eigenvalue weighted by Gasteiger charge is 2.29. The largest absolute Gasteiger partial charge is 0.505 e. The molecule has 2 amide bonds. The molecule has 0 aromatic heterocycles. The first-order valence-corrected chi connectivity index (χ1v) is 12.1. The molecular formula is C26H36N4O4. The zero-order valence-corrected chi connectivity index (χ0v) is 20.6. The van der Waals surface area contributed by atoms with Gasteiger partial charge in [-0.25, -0.2) is 0 Å². The van der Waals surface area contributed by atoms with Gasteiger partial charge in [-0.05, 0) is 52.0 Å². The highest BCUT2D eigenvalue weighted by atomic mass is 16.3. The van der Waals surface area contributed by atoms with Crippen molar-refractivity contribution in [3.63, 3.8) is 0 Å². The number of benzene rings is 2. The summed E-state index contributed by atoms with van der Waals surface area (Å²) in [6, 6.07) is 10.5. The van der Waals surface area contributed by atoms with E-state index in [9.17, 15) is 19.8 Å². The predicted molar refractivity (Wildman–Crippen MR) is 135 cm³/mol. The van der Waals surface area contributed by atoms with Crippen molar-refractivity contribution in [1.82, 2.24) is 9.80 Å². The quantitative estimate of drug-likeness (QED) is 0.618. The van der Waals surface area contributed by atoms with E-state index in [0.29, 0.717) is 37.6 Å². The fraction of sp³-hybridized carbons (Fsp3) is 0.462. The Morgan fingerprint density at radius 2 is 1.00 bits per heavy atom. The monoisotopic (exact) mass is 468 g/mol. The number of aromatic hydroxyl groups is 2. The molecule has 2 aromatic rings. The lowest BCUT2D eigenvalue weighted by Gasteiger charge is -2.35. The third-order valence-electron chi connectivity index (χ3n) is 6.55. The SMILES string of the molecule is CCN(CC)c1cccc(C(=O)N2CCN(C(=O)c3cccc(N(CC)CC)c3O)CC2)c1O. The van der Waals surface area contributed by atoms with Crippen LogP contribution in [0.25, 0.3) is 0 Å². The molecule has 8 nitrogen and oxygen atoms in total. The minimum Gasteiger partial charge on any atom is -0.505 e. The number of hydrogen-bond donors (Lipinski definition) is 2. The van der Waals surface area contributed by atoms with Crippen molar-refractivity contribution in [2.45, 2.75) is 27.7 Å². The molecule has 8 heteroatoms. The standard InChI is InChI=1S/C26H36N4O4/c1-5-27(6-2)21-13-9-11-19(23(21)31)25(33)29-15-17-30(18-16-29)26(34)20-12-10-14-22(24(20)32)28(7-3)8-4/h9-14,31-32H,5-8,15-18H2,1-4H3. The summed E-state index contributed by atoms with van der Waals surface area (Å²) in [7, 11) is 0. The number of carbonyl (C=O) groups is 2. The van der Waals surface area contributed by atoms with Crippen LogP contribution in [0.2, 0.25) is 0 Å². The zero-order valence-electron chi connectivity index (χ0n) is 20.6. The van der Waals surface area contributed by atoms with Gasteiger partial charge in [-0.3, -0.25) is 9.59 Å². The average molecular weight is 469 g/mol. The summed E-state index contributed by atoms with van der Waals surface area (Å²) in [6.45, 7) is 12.3. The Kier molecular flexibility index (Phi) is 8.26. The maximum atomic E-state index is 13.2. The molecule has 34 heavy (non-hydrogen) atoms. The summed E-state index contributed by atoms with van der Waals surface area (Å²) in [6.07, 6.45) is 0. The molecule has 0 aliphatic carbocycles.